The zero-order valence-corrected chi connectivity index (χ0v) is 8.17. The van der Waals surface area contributed by atoms with Crippen LogP contribution in [0.15, 0.2) is 24.3 Å². The average molecular weight is 197 g/mol. The molecule has 1 nitrogen and oxygen atoms in total. The van der Waals surface area contributed by atoms with Gasteiger partial charge in [0.15, 0.2) is 0 Å². The monoisotopic (exact) mass is 196 g/mol. The van der Waals surface area contributed by atoms with E-state index in [1.54, 1.807) is 0 Å². The third kappa shape index (κ3) is 1.87. The molecule has 1 aliphatic carbocycles. The summed E-state index contributed by atoms with van der Waals surface area (Å²) in [4.78, 5) is 0. The van der Waals surface area contributed by atoms with Gasteiger partial charge in [-0.2, -0.15) is 0 Å². The summed E-state index contributed by atoms with van der Waals surface area (Å²) in [6.07, 6.45) is 3.02. The van der Waals surface area contributed by atoms with Crippen molar-refractivity contribution in [2.24, 2.45) is 0 Å². The van der Waals surface area contributed by atoms with E-state index in [9.17, 15) is 5.11 Å². The molecule has 0 amide bonds. The minimum absolute atomic E-state index is 0.152. The maximum Gasteiger partial charge on any atom is 0.0608 e. The van der Waals surface area contributed by atoms with Crippen molar-refractivity contribution in [3.63, 3.8) is 0 Å². The molecule has 0 aromatic heterocycles. The zero-order valence-electron chi connectivity index (χ0n) is 7.41. The van der Waals surface area contributed by atoms with Crippen LogP contribution in [0.2, 0.25) is 5.02 Å². The van der Waals surface area contributed by atoms with E-state index in [4.69, 9.17) is 11.6 Å². The van der Waals surface area contributed by atoms with Gasteiger partial charge in [0.25, 0.3) is 0 Å². The number of hydrogen-bond donors (Lipinski definition) is 1. The summed E-state index contributed by atoms with van der Waals surface area (Å²) in [7, 11) is 0. The van der Waals surface area contributed by atoms with Crippen LogP contribution in [0.25, 0.3) is 0 Å². The first-order valence-electron chi connectivity index (χ1n) is 4.71. The lowest BCUT2D eigenvalue weighted by Crippen LogP contribution is -2.10. The Labute approximate surface area is 83.3 Å². The van der Waals surface area contributed by atoms with E-state index < -0.39 is 0 Å². The van der Waals surface area contributed by atoms with Crippen LogP contribution in [-0.4, -0.2) is 11.2 Å². The van der Waals surface area contributed by atoms with Gasteiger partial charge in [0.05, 0.1) is 6.10 Å². The Balaban J connectivity index is 2.20. The fourth-order valence-corrected chi connectivity index (χ4v) is 2.17. The summed E-state index contributed by atoms with van der Waals surface area (Å²) in [5.74, 6) is 0.331. The van der Waals surface area contributed by atoms with Crippen LogP contribution in [-0.2, 0) is 0 Å². The Morgan fingerprint density at radius 2 is 1.85 bits per heavy atom. The molecule has 2 rings (SSSR count). The maximum absolute atomic E-state index is 9.68. The van der Waals surface area contributed by atoms with Crippen LogP contribution >= 0.6 is 11.6 Å². The topological polar surface area (TPSA) is 20.2 Å². The molecule has 0 spiro atoms. The van der Waals surface area contributed by atoms with Gasteiger partial charge in [0.1, 0.15) is 0 Å². The normalized spacial score (nSPS) is 27.8. The summed E-state index contributed by atoms with van der Waals surface area (Å²) < 4.78 is 0. The van der Waals surface area contributed by atoms with Gasteiger partial charge in [-0.05, 0) is 30.5 Å². The SMILES string of the molecule is O[C@H]1CCC[C@@H]1c1ccc(Cl)cc1. The van der Waals surface area contributed by atoms with Crippen LogP contribution < -0.4 is 0 Å². The molecular weight excluding hydrogens is 184 g/mol. The molecule has 2 heteroatoms. The third-order valence-electron chi connectivity index (χ3n) is 2.78. The number of halogens is 1. The molecule has 0 heterocycles. The molecule has 1 aromatic rings. The summed E-state index contributed by atoms with van der Waals surface area (Å²) in [6, 6.07) is 7.81. The number of hydrogen-bond acceptors (Lipinski definition) is 1. The largest absolute Gasteiger partial charge is 0.392 e. The third-order valence-corrected chi connectivity index (χ3v) is 3.03. The van der Waals surface area contributed by atoms with Gasteiger partial charge in [0.2, 0.25) is 0 Å². The van der Waals surface area contributed by atoms with E-state index in [1.165, 1.54) is 5.56 Å². The van der Waals surface area contributed by atoms with Crippen LogP contribution in [0.3, 0.4) is 0 Å². The van der Waals surface area contributed by atoms with E-state index in [0.29, 0.717) is 5.92 Å². The van der Waals surface area contributed by atoms with Crippen LogP contribution in [0.5, 0.6) is 0 Å². The first-order chi connectivity index (χ1) is 6.27. The van der Waals surface area contributed by atoms with Gasteiger partial charge < -0.3 is 5.11 Å². The van der Waals surface area contributed by atoms with Gasteiger partial charge in [-0.1, -0.05) is 30.2 Å². The first kappa shape index (κ1) is 9.04. The second-order valence-electron chi connectivity index (χ2n) is 3.66. The zero-order chi connectivity index (χ0) is 9.26. The van der Waals surface area contributed by atoms with Crippen LogP contribution in [0.4, 0.5) is 0 Å². The highest BCUT2D eigenvalue weighted by Crippen LogP contribution is 2.34. The molecule has 0 aliphatic heterocycles. The molecular formula is C11H13ClO. The molecule has 70 valence electrons. The second kappa shape index (κ2) is 3.69. The van der Waals surface area contributed by atoms with Crippen molar-refractivity contribution in [2.45, 2.75) is 31.3 Å². The fourth-order valence-electron chi connectivity index (χ4n) is 2.04. The van der Waals surface area contributed by atoms with Crippen molar-refractivity contribution < 1.29 is 5.11 Å². The molecule has 0 saturated heterocycles. The highest BCUT2D eigenvalue weighted by Gasteiger charge is 2.26. The van der Waals surface area contributed by atoms with Crippen molar-refractivity contribution in [2.75, 3.05) is 0 Å². The van der Waals surface area contributed by atoms with Crippen molar-refractivity contribution in [3.05, 3.63) is 34.9 Å². The van der Waals surface area contributed by atoms with E-state index in [0.717, 1.165) is 24.3 Å². The summed E-state index contributed by atoms with van der Waals surface area (Å²) in [6.45, 7) is 0. The quantitative estimate of drug-likeness (QED) is 0.732. The lowest BCUT2D eigenvalue weighted by molar-refractivity contribution is 0.164. The van der Waals surface area contributed by atoms with Crippen molar-refractivity contribution in [3.8, 4) is 0 Å². The standard InChI is InChI=1S/C11H13ClO/c12-9-6-4-8(5-7-9)10-2-1-3-11(10)13/h4-7,10-11,13H,1-3H2/t10-,11+/m1/s1. The molecule has 2 atom stereocenters. The Kier molecular flexibility index (Phi) is 2.56. The summed E-state index contributed by atoms with van der Waals surface area (Å²) in [5, 5.41) is 10.4. The van der Waals surface area contributed by atoms with Gasteiger partial charge in [-0.25, -0.2) is 0 Å². The van der Waals surface area contributed by atoms with Crippen molar-refractivity contribution in [1.82, 2.24) is 0 Å². The molecule has 1 saturated carbocycles. The van der Waals surface area contributed by atoms with E-state index in [2.05, 4.69) is 0 Å². The predicted octanol–water partition coefficient (Wildman–Crippen LogP) is 2.97. The molecule has 0 bridgehead atoms. The Bertz CT molecular complexity index is 281. The molecule has 13 heavy (non-hydrogen) atoms. The molecule has 1 fully saturated rings. The Morgan fingerprint density at radius 1 is 1.15 bits per heavy atom. The Morgan fingerprint density at radius 3 is 2.38 bits per heavy atom. The lowest BCUT2D eigenvalue weighted by Gasteiger charge is -2.14. The average Bonchev–Trinajstić information content (AvgIpc) is 2.53. The Hall–Kier alpha value is -0.530. The number of aliphatic hydroxyl groups excluding tert-OH is 1. The van der Waals surface area contributed by atoms with Crippen molar-refractivity contribution in [1.29, 1.82) is 0 Å². The van der Waals surface area contributed by atoms with Gasteiger partial charge >= 0.3 is 0 Å². The highest BCUT2D eigenvalue weighted by atomic mass is 35.5. The van der Waals surface area contributed by atoms with E-state index in [1.807, 2.05) is 24.3 Å². The molecule has 1 aliphatic rings. The van der Waals surface area contributed by atoms with Crippen LogP contribution in [0.1, 0.15) is 30.7 Å². The summed E-state index contributed by atoms with van der Waals surface area (Å²) in [5.41, 5.74) is 1.22. The smallest absolute Gasteiger partial charge is 0.0608 e. The van der Waals surface area contributed by atoms with Gasteiger partial charge in [0, 0.05) is 10.9 Å². The van der Waals surface area contributed by atoms with Crippen LogP contribution in [0, 0.1) is 0 Å². The lowest BCUT2D eigenvalue weighted by atomic mass is 9.96. The predicted molar refractivity (Wildman–Crippen MR) is 54.1 cm³/mol. The molecule has 0 unspecified atom stereocenters. The number of benzene rings is 1. The van der Waals surface area contributed by atoms with Gasteiger partial charge in [-0.3, -0.25) is 0 Å². The minimum Gasteiger partial charge on any atom is -0.392 e. The maximum atomic E-state index is 9.68. The fraction of sp³-hybridized carbons (Fsp3) is 0.455. The number of aliphatic hydroxyl groups is 1. The van der Waals surface area contributed by atoms with E-state index >= 15 is 0 Å². The van der Waals surface area contributed by atoms with Crippen molar-refractivity contribution >= 4 is 11.6 Å². The number of rotatable bonds is 1. The van der Waals surface area contributed by atoms with Gasteiger partial charge in [-0.15, -0.1) is 0 Å². The summed E-state index contributed by atoms with van der Waals surface area (Å²) >= 11 is 5.79. The highest BCUT2D eigenvalue weighted by molar-refractivity contribution is 6.30. The second-order valence-corrected chi connectivity index (χ2v) is 4.09. The molecule has 1 aromatic carbocycles. The molecule has 1 N–H and O–H groups in total. The minimum atomic E-state index is -0.152. The van der Waals surface area contributed by atoms with E-state index in [-0.39, 0.29) is 6.10 Å². The molecule has 0 radical (unpaired) electrons. The first-order valence-corrected chi connectivity index (χ1v) is 5.09.